The normalized spacial score (nSPS) is 13.6. The molecule has 0 amide bonds. The lowest BCUT2D eigenvalue weighted by molar-refractivity contribution is -0.0701. The second kappa shape index (κ2) is 9.47. The van der Waals surface area contributed by atoms with Crippen LogP contribution in [-0.2, 0) is 13.9 Å². The third-order valence-electron chi connectivity index (χ3n) is 4.73. The fraction of sp³-hybridized carbons (Fsp3) is 0.455. The molecule has 4 heteroatoms. The van der Waals surface area contributed by atoms with E-state index in [1.807, 2.05) is 0 Å². The summed E-state index contributed by atoms with van der Waals surface area (Å²) < 4.78 is 17.4. The van der Waals surface area contributed by atoms with E-state index in [1.54, 1.807) is 7.11 Å². The highest BCUT2D eigenvalue weighted by Crippen LogP contribution is 2.36. The monoisotopic (exact) mass is 372 g/mol. The molecule has 0 saturated heterocycles. The number of methoxy groups -OCH3 is 1. The molecule has 0 bridgehead atoms. The molecular formula is C22H32O3Si. The molecule has 0 aliphatic heterocycles. The van der Waals surface area contributed by atoms with Gasteiger partial charge in [0.15, 0.2) is 0 Å². The van der Waals surface area contributed by atoms with Gasteiger partial charge in [-0.2, -0.15) is 0 Å². The first kappa shape index (κ1) is 20.8. The third kappa shape index (κ3) is 4.83. The fourth-order valence-electron chi connectivity index (χ4n) is 3.41. The van der Waals surface area contributed by atoms with Crippen molar-refractivity contribution in [3.05, 3.63) is 60.7 Å². The Balaban J connectivity index is 2.35. The summed E-state index contributed by atoms with van der Waals surface area (Å²) in [5.41, 5.74) is 0. The Labute approximate surface area is 159 Å². The van der Waals surface area contributed by atoms with E-state index in [0.29, 0.717) is 13.4 Å². The minimum Gasteiger partial charge on any atom is -0.407 e. The summed E-state index contributed by atoms with van der Waals surface area (Å²) in [7, 11) is -0.790. The Bertz CT molecular complexity index is 598. The van der Waals surface area contributed by atoms with Crippen molar-refractivity contribution < 1.29 is 13.9 Å². The molecule has 3 nitrogen and oxygen atoms in total. The summed E-state index contributed by atoms with van der Waals surface area (Å²) in [4.78, 5) is 0. The molecule has 1 atom stereocenters. The summed E-state index contributed by atoms with van der Waals surface area (Å²) in [6, 6.07) is 21.4. The van der Waals surface area contributed by atoms with Gasteiger partial charge in [-0.25, -0.2) is 0 Å². The van der Waals surface area contributed by atoms with Gasteiger partial charge in [-0.3, -0.25) is 0 Å². The largest absolute Gasteiger partial charge is 0.407 e. The zero-order chi connectivity index (χ0) is 19.0. The maximum atomic E-state index is 6.84. The van der Waals surface area contributed by atoms with Gasteiger partial charge >= 0.3 is 0 Å². The van der Waals surface area contributed by atoms with E-state index in [4.69, 9.17) is 13.9 Å². The van der Waals surface area contributed by atoms with Gasteiger partial charge in [0.2, 0.25) is 0 Å². The molecule has 2 aromatic carbocycles. The molecule has 0 saturated carbocycles. The molecule has 2 rings (SSSR count). The van der Waals surface area contributed by atoms with E-state index in [9.17, 15) is 0 Å². The van der Waals surface area contributed by atoms with Gasteiger partial charge in [0.25, 0.3) is 8.32 Å². The summed E-state index contributed by atoms with van der Waals surface area (Å²) in [5, 5.41) is 2.63. The van der Waals surface area contributed by atoms with Crippen LogP contribution in [0.4, 0.5) is 0 Å². The van der Waals surface area contributed by atoms with Crippen molar-refractivity contribution in [2.24, 2.45) is 0 Å². The van der Waals surface area contributed by atoms with Crippen LogP contribution in [0.5, 0.6) is 0 Å². The molecule has 0 N–H and O–H groups in total. The molecule has 0 spiro atoms. The molecule has 0 aliphatic rings. The quantitative estimate of drug-likeness (QED) is 0.492. The van der Waals surface area contributed by atoms with Gasteiger partial charge < -0.3 is 13.9 Å². The van der Waals surface area contributed by atoms with Crippen LogP contribution in [0.15, 0.2) is 60.7 Å². The van der Waals surface area contributed by atoms with Crippen molar-refractivity contribution in [3.8, 4) is 0 Å². The number of ether oxygens (including phenoxy) is 2. The van der Waals surface area contributed by atoms with Crippen molar-refractivity contribution in [1.29, 1.82) is 0 Å². The van der Waals surface area contributed by atoms with Crippen molar-refractivity contribution in [2.75, 3.05) is 20.5 Å². The molecule has 0 radical (unpaired) electrons. The Morgan fingerprint density at radius 2 is 1.38 bits per heavy atom. The second-order valence-electron chi connectivity index (χ2n) is 7.68. The highest BCUT2D eigenvalue weighted by atomic mass is 28.4. The van der Waals surface area contributed by atoms with Crippen LogP contribution in [0.25, 0.3) is 0 Å². The predicted molar refractivity (Wildman–Crippen MR) is 111 cm³/mol. The minimum atomic E-state index is -2.43. The zero-order valence-corrected chi connectivity index (χ0v) is 17.7. The summed E-state index contributed by atoms with van der Waals surface area (Å²) in [6.07, 6.45) is 0.946. The van der Waals surface area contributed by atoms with E-state index in [1.165, 1.54) is 10.4 Å². The molecule has 142 valence electrons. The Morgan fingerprint density at radius 3 is 1.81 bits per heavy atom. The number of benzene rings is 2. The molecule has 0 heterocycles. The van der Waals surface area contributed by atoms with Crippen molar-refractivity contribution >= 4 is 18.7 Å². The smallest absolute Gasteiger partial charge is 0.261 e. The highest BCUT2D eigenvalue weighted by molar-refractivity contribution is 6.99. The molecule has 1 unspecified atom stereocenters. The molecule has 26 heavy (non-hydrogen) atoms. The van der Waals surface area contributed by atoms with Crippen LogP contribution >= 0.6 is 0 Å². The van der Waals surface area contributed by atoms with Gasteiger partial charge in [-0.1, -0.05) is 81.4 Å². The van der Waals surface area contributed by atoms with E-state index >= 15 is 0 Å². The molecule has 0 aromatic heterocycles. The first-order chi connectivity index (χ1) is 12.4. The van der Waals surface area contributed by atoms with Crippen LogP contribution in [0.2, 0.25) is 5.04 Å². The minimum absolute atomic E-state index is 0.00628. The summed E-state index contributed by atoms with van der Waals surface area (Å²) in [6.45, 7) is 9.94. The van der Waals surface area contributed by atoms with Gasteiger partial charge in [0.1, 0.15) is 6.79 Å². The molecule has 0 fully saturated rings. The zero-order valence-electron chi connectivity index (χ0n) is 16.7. The molecule has 0 aliphatic carbocycles. The van der Waals surface area contributed by atoms with Crippen LogP contribution < -0.4 is 10.4 Å². The Morgan fingerprint density at radius 1 is 0.885 bits per heavy atom. The van der Waals surface area contributed by atoms with Gasteiger partial charge in [-0.15, -0.1) is 0 Å². The SMILES string of the molecule is COCOC(C)CCO[Si](c1ccccc1)(c1ccccc1)C(C)(C)C. The standard InChI is InChI=1S/C22H32O3Si/c1-19(24-18-23-5)16-17-25-26(22(2,3)4,20-12-8-6-9-13-20)21-14-10-7-11-15-21/h6-15,19H,16-18H2,1-5H3. The van der Waals surface area contributed by atoms with Crippen molar-refractivity contribution in [1.82, 2.24) is 0 Å². The van der Waals surface area contributed by atoms with Crippen LogP contribution in [0.1, 0.15) is 34.1 Å². The summed E-state index contributed by atoms with van der Waals surface area (Å²) in [5.74, 6) is 0. The van der Waals surface area contributed by atoms with E-state index in [-0.39, 0.29) is 11.1 Å². The van der Waals surface area contributed by atoms with E-state index < -0.39 is 8.32 Å². The topological polar surface area (TPSA) is 27.7 Å². The Hall–Kier alpha value is -1.46. The summed E-state index contributed by atoms with van der Waals surface area (Å²) >= 11 is 0. The third-order valence-corrected chi connectivity index (χ3v) is 9.77. The highest BCUT2D eigenvalue weighted by Gasteiger charge is 2.49. The number of hydrogen-bond acceptors (Lipinski definition) is 3. The lowest BCUT2D eigenvalue weighted by Crippen LogP contribution is -2.66. The van der Waals surface area contributed by atoms with E-state index in [2.05, 4.69) is 88.4 Å². The first-order valence-corrected chi connectivity index (χ1v) is 11.2. The number of hydrogen-bond donors (Lipinski definition) is 0. The average Bonchev–Trinajstić information content (AvgIpc) is 2.64. The fourth-order valence-corrected chi connectivity index (χ4v) is 7.99. The van der Waals surface area contributed by atoms with Gasteiger partial charge in [0, 0.05) is 13.7 Å². The molecular weight excluding hydrogens is 340 g/mol. The lowest BCUT2D eigenvalue weighted by atomic mass is 10.2. The number of rotatable bonds is 9. The average molecular weight is 373 g/mol. The second-order valence-corrected chi connectivity index (χ2v) is 12.0. The van der Waals surface area contributed by atoms with Crippen LogP contribution in [0, 0.1) is 0 Å². The maximum Gasteiger partial charge on any atom is 0.261 e. The Kier molecular flexibility index (Phi) is 7.59. The predicted octanol–water partition coefficient (Wildman–Crippen LogP) is 3.96. The lowest BCUT2D eigenvalue weighted by Gasteiger charge is -2.43. The maximum absolute atomic E-state index is 6.84. The van der Waals surface area contributed by atoms with E-state index in [0.717, 1.165) is 6.42 Å². The first-order valence-electron chi connectivity index (χ1n) is 9.27. The van der Waals surface area contributed by atoms with Crippen molar-refractivity contribution in [2.45, 2.75) is 45.3 Å². The van der Waals surface area contributed by atoms with Gasteiger partial charge in [-0.05, 0) is 28.8 Å². The van der Waals surface area contributed by atoms with Gasteiger partial charge in [0.05, 0.1) is 6.10 Å². The van der Waals surface area contributed by atoms with Crippen molar-refractivity contribution in [3.63, 3.8) is 0 Å². The van der Waals surface area contributed by atoms with Crippen LogP contribution in [0.3, 0.4) is 0 Å². The van der Waals surface area contributed by atoms with Crippen LogP contribution in [-0.4, -0.2) is 34.9 Å². The molecule has 2 aromatic rings.